The molecule has 3 N–H and O–H groups in total. The Kier molecular flexibility index (Phi) is 5.15. The second-order valence-corrected chi connectivity index (χ2v) is 4.83. The van der Waals surface area contributed by atoms with E-state index in [0.717, 1.165) is 12.1 Å². The minimum Gasteiger partial charge on any atom is -0.462 e. The zero-order chi connectivity index (χ0) is 15.3. The summed E-state index contributed by atoms with van der Waals surface area (Å²) in [6, 6.07) is 2.65. The molecule has 110 valence electrons. The first-order valence-corrected chi connectivity index (χ1v) is 5.88. The van der Waals surface area contributed by atoms with Crippen molar-refractivity contribution in [3.05, 3.63) is 35.4 Å². The molecule has 1 aromatic carbocycles. The predicted molar refractivity (Wildman–Crippen MR) is 67.9 cm³/mol. The monoisotopic (exact) mass is 286 g/mol. The fourth-order valence-electron chi connectivity index (χ4n) is 1.40. The van der Waals surface area contributed by atoms with E-state index in [-0.39, 0.29) is 18.7 Å². The van der Waals surface area contributed by atoms with Crippen molar-refractivity contribution in [2.75, 3.05) is 13.2 Å². The average molecular weight is 286 g/mol. The number of halogens is 2. The van der Waals surface area contributed by atoms with E-state index in [9.17, 15) is 18.4 Å². The van der Waals surface area contributed by atoms with Crippen LogP contribution in [-0.2, 0) is 9.53 Å². The van der Waals surface area contributed by atoms with E-state index in [1.165, 1.54) is 0 Å². The number of ether oxygens (including phenoxy) is 1. The van der Waals surface area contributed by atoms with Gasteiger partial charge in [0.2, 0.25) is 0 Å². The summed E-state index contributed by atoms with van der Waals surface area (Å²) < 4.78 is 31.0. The molecule has 0 radical (unpaired) electrons. The van der Waals surface area contributed by atoms with Crippen molar-refractivity contribution in [2.45, 2.75) is 19.4 Å². The minimum absolute atomic E-state index is 0.114. The third kappa shape index (κ3) is 4.58. The lowest BCUT2D eigenvalue weighted by molar-refractivity contribution is -0.143. The lowest BCUT2D eigenvalue weighted by atomic mass is 10.1. The van der Waals surface area contributed by atoms with E-state index >= 15 is 0 Å². The lowest BCUT2D eigenvalue weighted by Crippen LogP contribution is -2.48. The summed E-state index contributed by atoms with van der Waals surface area (Å²) in [5, 5.41) is 2.49. The third-order valence-electron chi connectivity index (χ3n) is 2.39. The number of rotatable bonds is 5. The molecule has 0 bridgehead atoms. The molecule has 0 saturated carbocycles. The van der Waals surface area contributed by atoms with E-state index < -0.39 is 29.0 Å². The SMILES string of the molecule is CC(C)(COC(=O)CN)NC(=O)c1ccc(F)cc1F. The van der Waals surface area contributed by atoms with Crippen molar-refractivity contribution in [1.82, 2.24) is 5.32 Å². The van der Waals surface area contributed by atoms with Crippen molar-refractivity contribution in [1.29, 1.82) is 0 Å². The molecular weight excluding hydrogens is 270 g/mol. The van der Waals surface area contributed by atoms with Crippen LogP contribution in [0.3, 0.4) is 0 Å². The number of esters is 1. The van der Waals surface area contributed by atoms with Crippen LogP contribution in [0.4, 0.5) is 8.78 Å². The molecule has 0 atom stereocenters. The summed E-state index contributed by atoms with van der Waals surface area (Å²) in [4.78, 5) is 22.8. The molecule has 0 aliphatic rings. The molecule has 0 saturated heterocycles. The van der Waals surface area contributed by atoms with Crippen LogP contribution in [0.5, 0.6) is 0 Å². The first-order valence-electron chi connectivity index (χ1n) is 5.88. The number of nitrogens with one attached hydrogen (secondary N) is 1. The van der Waals surface area contributed by atoms with E-state index in [1.54, 1.807) is 13.8 Å². The number of nitrogens with two attached hydrogens (primary N) is 1. The Bertz CT molecular complexity index is 518. The number of amides is 1. The van der Waals surface area contributed by atoms with E-state index in [2.05, 4.69) is 5.32 Å². The summed E-state index contributed by atoms with van der Waals surface area (Å²) in [6.07, 6.45) is 0. The summed E-state index contributed by atoms with van der Waals surface area (Å²) in [5.74, 6) is -3.07. The molecule has 1 rings (SSSR count). The second kappa shape index (κ2) is 6.42. The van der Waals surface area contributed by atoms with Gasteiger partial charge in [-0.3, -0.25) is 9.59 Å². The molecule has 7 heteroatoms. The van der Waals surface area contributed by atoms with Gasteiger partial charge in [-0.2, -0.15) is 0 Å². The molecular formula is C13H16F2N2O3. The van der Waals surface area contributed by atoms with Gasteiger partial charge in [0.1, 0.15) is 18.2 Å². The highest BCUT2D eigenvalue weighted by atomic mass is 19.1. The molecule has 0 aliphatic heterocycles. The Morgan fingerprint density at radius 3 is 2.55 bits per heavy atom. The molecule has 0 unspecified atom stereocenters. The average Bonchev–Trinajstić information content (AvgIpc) is 2.35. The van der Waals surface area contributed by atoms with Crippen LogP contribution in [0.2, 0.25) is 0 Å². The van der Waals surface area contributed by atoms with Crippen LogP contribution in [0.15, 0.2) is 18.2 Å². The highest BCUT2D eigenvalue weighted by molar-refractivity contribution is 5.94. The highest BCUT2D eigenvalue weighted by Gasteiger charge is 2.24. The van der Waals surface area contributed by atoms with Gasteiger partial charge in [0, 0.05) is 6.07 Å². The normalized spacial score (nSPS) is 11.1. The maximum atomic E-state index is 13.4. The van der Waals surface area contributed by atoms with Crippen molar-refractivity contribution >= 4 is 11.9 Å². The number of hydrogen-bond donors (Lipinski definition) is 2. The largest absolute Gasteiger partial charge is 0.462 e. The van der Waals surface area contributed by atoms with E-state index in [4.69, 9.17) is 10.5 Å². The van der Waals surface area contributed by atoms with Gasteiger partial charge in [0.25, 0.3) is 5.91 Å². The zero-order valence-electron chi connectivity index (χ0n) is 11.2. The van der Waals surface area contributed by atoms with Gasteiger partial charge in [-0.05, 0) is 26.0 Å². The van der Waals surface area contributed by atoms with Gasteiger partial charge in [0.05, 0.1) is 17.6 Å². The minimum atomic E-state index is -0.961. The number of benzene rings is 1. The number of hydrogen-bond acceptors (Lipinski definition) is 4. The Labute approximate surface area is 115 Å². The molecule has 0 aliphatic carbocycles. The summed E-state index contributed by atoms with van der Waals surface area (Å²) >= 11 is 0. The van der Waals surface area contributed by atoms with Crippen LogP contribution >= 0.6 is 0 Å². The molecule has 0 fully saturated rings. The fourth-order valence-corrected chi connectivity index (χ4v) is 1.40. The van der Waals surface area contributed by atoms with E-state index in [0.29, 0.717) is 6.07 Å². The van der Waals surface area contributed by atoms with Gasteiger partial charge in [-0.25, -0.2) is 8.78 Å². The van der Waals surface area contributed by atoms with Gasteiger partial charge in [-0.15, -0.1) is 0 Å². The fraction of sp³-hybridized carbons (Fsp3) is 0.385. The first kappa shape index (κ1) is 16.0. The third-order valence-corrected chi connectivity index (χ3v) is 2.39. The van der Waals surface area contributed by atoms with Crippen LogP contribution in [0.25, 0.3) is 0 Å². The summed E-state index contributed by atoms with van der Waals surface area (Å²) in [5.41, 5.74) is 3.88. The van der Waals surface area contributed by atoms with Gasteiger partial charge < -0.3 is 15.8 Å². The van der Waals surface area contributed by atoms with Crippen LogP contribution in [0.1, 0.15) is 24.2 Å². The first-order chi connectivity index (χ1) is 9.25. The molecule has 0 aromatic heterocycles. The second-order valence-electron chi connectivity index (χ2n) is 4.83. The van der Waals surface area contributed by atoms with Crippen LogP contribution in [-0.4, -0.2) is 30.6 Å². The molecule has 1 amide bonds. The van der Waals surface area contributed by atoms with Crippen molar-refractivity contribution in [3.8, 4) is 0 Å². The van der Waals surface area contributed by atoms with Crippen molar-refractivity contribution < 1.29 is 23.1 Å². The molecule has 5 nitrogen and oxygen atoms in total. The Balaban J connectivity index is 2.71. The van der Waals surface area contributed by atoms with Crippen LogP contribution in [0, 0.1) is 11.6 Å². The molecule has 0 heterocycles. The predicted octanol–water partition coefficient (Wildman–Crippen LogP) is 0.975. The zero-order valence-corrected chi connectivity index (χ0v) is 11.2. The highest BCUT2D eigenvalue weighted by Crippen LogP contribution is 2.12. The molecule has 20 heavy (non-hydrogen) atoms. The Morgan fingerprint density at radius 2 is 2.00 bits per heavy atom. The Morgan fingerprint density at radius 1 is 1.35 bits per heavy atom. The molecule has 1 aromatic rings. The summed E-state index contributed by atoms with van der Waals surface area (Å²) in [7, 11) is 0. The maximum absolute atomic E-state index is 13.4. The number of carbonyl (C=O) groups is 2. The lowest BCUT2D eigenvalue weighted by Gasteiger charge is -2.25. The van der Waals surface area contributed by atoms with Crippen molar-refractivity contribution in [2.24, 2.45) is 5.73 Å². The number of carbonyl (C=O) groups excluding carboxylic acids is 2. The van der Waals surface area contributed by atoms with Crippen molar-refractivity contribution in [3.63, 3.8) is 0 Å². The Hall–Kier alpha value is -2.02. The molecule has 0 spiro atoms. The van der Waals surface area contributed by atoms with Crippen LogP contribution < -0.4 is 11.1 Å². The van der Waals surface area contributed by atoms with Gasteiger partial charge >= 0.3 is 5.97 Å². The quantitative estimate of drug-likeness (QED) is 0.790. The maximum Gasteiger partial charge on any atom is 0.319 e. The summed E-state index contributed by atoms with van der Waals surface area (Å²) in [6.45, 7) is 2.81. The topological polar surface area (TPSA) is 81.4 Å². The van der Waals surface area contributed by atoms with Gasteiger partial charge in [-0.1, -0.05) is 0 Å². The smallest absolute Gasteiger partial charge is 0.319 e. The van der Waals surface area contributed by atoms with E-state index in [1.807, 2.05) is 0 Å². The standard InChI is InChI=1S/C13H16F2N2O3/c1-13(2,7-20-11(18)6-16)17-12(19)9-4-3-8(14)5-10(9)15/h3-5H,6-7,16H2,1-2H3,(H,17,19). The van der Waals surface area contributed by atoms with Gasteiger partial charge in [0.15, 0.2) is 0 Å².